The number of amides is 2. The van der Waals surface area contributed by atoms with Gasteiger partial charge in [-0.1, -0.05) is 11.3 Å². The van der Waals surface area contributed by atoms with Crippen molar-refractivity contribution in [1.29, 1.82) is 0 Å². The van der Waals surface area contributed by atoms with Crippen LogP contribution in [0.15, 0.2) is 10.2 Å². The molecule has 0 saturated heterocycles. The van der Waals surface area contributed by atoms with Crippen LogP contribution in [0.1, 0.15) is 12.6 Å². The fourth-order valence-electron chi connectivity index (χ4n) is 1.15. The number of thiol groups is 1. The maximum absolute atomic E-state index is 11.6. The van der Waals surface area contributed by atoms with Crippen LogP contribution in [0.2, 0.25) is 0 Å². The lowest BCUT2D eigenvalue weighted by atomic mass is 10.3. The Morgan fingerprint density at radius 1 is 1.59 bits per heavy atom. The summed E-state index contributed by atoms with van der Waals surface area (Å²) in [7, 11) is 0. The number of nitrogens with one attached hydrogen (secondary N) is 3. The number of rotatable bonds is 5. The summed E-state index contributed by atoms with van der Waals surface area (Å²) in [5.41, 5.74) is 0.633. The highest BCUT2D eigenvalue weighted by molar-refractivity contribution is 7.80. The molecule has 0 bridgehead atoms. The summed E-state index contributed by atoms with van der Waals surface area (Å²) >= 11 is 5.02. The van der Waals surface area contributed by atoms with E-state index in [-0.39, 0.29) is 29.0 Å². The monoisotopic (exact) mass is 275 g/mol. The van der Waals surface area contributed by atoms with Crippen LogP contribution in [0.5, 0.6) is 0 Å². The van der Waals surface area contributed by atoms with Gasteiger partial charge in [0.05, 0.1) is 6.54 Å². The summed E-state index contributed by atoms with van der Waals surface area (Å²) in [6, 6.07) is -0.666. The van der Waals surface area contributed by atoms with E-state index >= 15 is 0 Å². The largest absolute Gasteiger partial charge is 0.349 e. The number of hydrogen-bond donors (Lipinski definition) is 4. The van der Waals surface area contributed by atoms with Gasteiger partial charge in [-0.05, 0) is 0 Å². The van der Waals surface area contributed by atoms with Crippen molar-refractivity contribution in [2.45, 2.75) is 19.5 Å². The molecule has 1 heterocycles. The van der Waals surface area contributed by atoms with Gasteiger partial charge in [0, 0.05) is 23.8 Å². The molecule has 0 aliphatic carbocycles. The number of carbonyl (C=O) groups is 2. The Hall–Kier alpha value is -1.28. The number of thiazole rings is 1. The quantitative estimate of drug-likeness (QED) is 0.545. The first-order valence-electron chi connectivity index (χ1n) is 4.85. The van der Waals surface area contributed by atoms with Crippen LogP contribution in [0.4, 0.5) is 0 Å². The predicted octanol–water partition coefficient (Wildman–Crippen LogP) is -0.513. The Bertz CT molecular complexity index is 454. The van der Waals surface area contributed by atoms with Crippen molar-refractivity contribution in [3.05, 3.63) is 20.7 Å². The number of H-pyrrole nitrogens is 1. The molecule has 94 valence electrons. The molecule has 8 heteroatoms. The molecular formula is C9H13N3O3S2. The van der Waals surface area contributed by atoms with E-state index in [1.54, 1.807) is 5.38 Å². The highest BCUT2D eigenvalue weighted by Gasteiger charge is 2.17. The van der Waals surface area contributed by atoms with Crippen molar-refractivity contribution < 1.29 is 9.59 Å². The first-order chi connectivity index (χ1) is 8.02. The second-order valence-electron chi connectivity index (χ2n) is 3.33. The highest BCUT2D eigenvalue weighted by Crippen LogP contribution is 1.96. The molecule has 0 radical (unpaired) electrons. The summed E-state index contributed by atoms with van der Waals surface area (Å²) in [6.07, 6.45) is 0. The van der Waals surface area contributed by atoms with E-state index in [0.717, 1.165) is 11.3 Å². The van der Waals surface area contributed by atoms with Crippen LogP contribution in [0, 0.1) is 0 Å². The van der Waals surface area contributed by atoms with Gasteiger partial charge in [0.25, 0.3) is 0 Å². The van der Waals surface area contributed by atoms with E-state index in [2.05, 4.69) is 28.2 Å². The van der Waals surface area contributed by atoms with Gasteiger partial charge in [-0.2, -0.15) is 12.6 Å². The normalized spacial score (nSPS) is 11.9. The molecule has 1 rings (SSSR count). The summed E-state index contributed by atoms with van der Waals surface area (Å²) in [5, 5.41) is 6.71. The van der Waals surface area contributed by atoms with Crippen molar-refractivity contribution >= 4 is 35.8 Å². The molecule has 0 aliphatic rings. The zero-order chi connectivity index (χ0) is 12.8. The average molecular weight is 275 g/mol. The maximum atomic E-state index is 11.6. The minimum Gasteiger partial charge on any atom is -0.349 e. The standard InChI is InChI=1S/C9H13N3O3S2/c1-5(13)11-7(3-16)8(14)10-2-6-4-17-9(15)12-6/h4,7,16H,2-3H2,1H3,(H,10,14)(H,11,13)(H,12,15). The summed E-state index contributed by atoms with van der Waals surface area (Å²) in [6.45, 7) is 1.56. The molecule has 0 aliphatic heterocycles. The zero-order valence-electron chi connectivity index (χ0n) is 9.15. The minimum atomic E-state index is -0.666. The van der Waals surface area contributed by atoms with Gasteiger partial charge in [0.1, 0.15) is 6.04 Å². The summed E-state index contributed by atoms with van der Waals surface area (Å²) < 4.78 is 0. The van der Waals surface area contributed by atoms with Crippen molar-refractivity contribution in [1.82, 2.24) is 15.6 Å². The van der Waals surface area contributed by atoms with Crippen LogP contribution in [0.3, 0.4) is 0 Å². The van der Waals surface area contributed by atoms with Gasteiger partial charge in [-0.3, -0.25) is 14.4 Å². The van der Waals surface area contributed by atoms with Crippen LogP contribution in [-0.4, -0.2) is 28.6 Å². The molecule has 0 aromatic carbocycles. The van der Waals surface area contributed by atoms with Gasteiger partial charge >= 0.3 is 4.87 Å². The molecule has 1 atom stereocenters. The third kappa shape index (κ3) is 4.61. The topological polar surface area (TPSA) is 91.1 Å². The SMILES string of the molecule is CC(=O)NC(CS)C(=O)NCc1csc(=O)[nH]1. The number of hydrogen-bond acceptors (Lipinski definition) is 5. The molecule has 1 aromatic rings. The molecule has 0 fully saturated rings. The second-order valence-corrected chi connectivity index (χ2v) is 4.53. The zero-order valence-corrected chi connectivity index (χ0v) is 10.9. The molecular weight excluding hydrogens is 262 g/mol. The van der Waals surface area contributed by atoms with Gasteiger partial charge in [0.2, 0.25) is 11.8 Å². The fraction of sp³-hybridized carbons (Fsp3) is 0.444. The van der Waals surface area contributed by atoms with Gasteiger partial charge < -0.3 is 15.6 Å². The Labute approximate surface area is 107 Å². The van der Waals surface area contributed by atoms with Crippen LogP contribution >= 0.6 is 24.0 Å². The number of carbonyl (C=O) groups excluding carboxylic acids is 2. The van der Waals surface area contributed by atoms with Gasteiger partial charge in [-0.25, -0.2) is 0 Å². The smallest absolute Gasteiger partial charge is 0.304 e. The van der Waals surface area contributed by atoms with E-state index in [4.69, 9.17) is 0 Å². The Balaban J connectivity index is 2.47. The molecule has 3 N–H and O–H groups in total. The molecule has 6 nitrogen and oxygen atoms in total. The predicted molar refractivity (Wildman–Crippen MR) is 68.2 cm³/mol. The van der Waals surface area contributed by atoms with Crippen molar-refractivity contribution in [3.63, 3.8) is 0 Å². The number of aromatic amines is 1. The van der Waals surface area contributed by atoms with Crippen molar-refractivity contribution in [2.24, 2.45) is 0 Å². The lowest BCUT2D eigenvalue weighted by molar-refractivity contribution is -0.127. The van der Waals surface area contributed by atoms with Crippen molar-refractivity contribution in [2.75, 3.05) is 5.75 Å². The molecule has 0 spiro atoms. The maximum Gasteiger partial charge on any atom is 0.304 e. The third-order valence-electron chi connectivity index (χ3n) is 1.90. The van der Waals surface area contributed by atoms with E-state index in [1.807, 2.05) is 0 Å². The average Bonchev–Trinajstić information content (AvgIpc) is 2.68. The lowest BCUT2D eigenvalue weighted by Crippen LogP contribution is -2.47. The van der Waals surface area contributed by atoms with E-state index in [1.165, 1.54) is 6.92 Å². The highest BCUT2D eigenvalue weighted by atomic mass is 32.1. The van der Waals surface area contributed by atoms with Gasteiger partial charge in [-0.15, -0.1) is 0 Å². The van der Waals surface area contributed by atoms with Crippen LogP contribution in [-0.2, 0) is 16.1 Å². The Morgan fingerprint density at radius 2 is 2.29 bits per heavy atom. The Morgan fingerprint density at radius 3 is 2.76 bits per heavy atom. The van der Waals surface area contributed by atoms with Crippen LogP contribution in [0.25, 0.3) is 0 Å². The first kappa shape index (κ1) is 13.8. The minimum absolute atomic E-state index is 0.165. The first-order valence-corrected chi connectivity index (χ1v) is 6.36. The molecule has 1 unspecified atom stereocenters. The van der Waals surface area contributed by atoms with E-state index in [0.29, 0.717) is 5.69 Å². The van der Waals surface area contributed by atoms with E-state index in [9.17, 15) is 14.4 Å². The second kappa shape index (κ2) is 6.45. The Kier molecular flexibility index (Phi) is 5.23. The lowest BCUT2D eigenvalue weighted by Gasteiger charge is -2.14. The van der Waals surface area contributed by atoms with Gasteiger partial charge in [0.15, 0.2) is 0 Å². The molecule has 17 heavy (non-hydrogen) atoms. The molecule has 2 amide bonds. The third-order valence-corrected chi connectivity index (χ3v) is 2.98. The fourth-order valence-corrected chi connectivity index (χ4v) is 1.98. The van der Waals surface area contributed by atoms with Crippen molar-refractivity contribution in [3.8, 4) is 0 Å². The molecule has 1 aromatic heterocycles. The van der Waals surface area contributed by atoms with E-state index < -0.39 is 6.04 Å². The molecule has 0 saturated carbocycles. The number of aromatic nitrogens is 1. The summed E-state index contributed by atoms with van der Waals surface area (Å²) in [4.78, 5) is 35.7. The van der Waals surface area contributed by atoms with Crippen LogP contribution < -0.4 is 15.5 Å². The summed E-state index contributed by atoms with van der Waals surface area (Å²) in [5.74, 6) is -0.406.